The monoisotopic (exact) mass is 353 g/mol. The van der Waals surface area contributed by atoms with Crippen molar-refractivity contribution in [1.82, 2.24) is 0 Å². The van der Waals surface area contributed by atoms with Crippen molar-refractivity contribution in [1.29, 1.82) is 0 Å². The standard InChI is InChI=1S/C15H10F7NO/c16-13(14(17,18)19,15(20,21)22)9-6-7-11(23)12(8-9)24-10-4-2-1-3-5-10/h1-8H,23H2. The van der Waals surface area contributed by atoms with Crippen molar-refractivity contribution in [2.24, 2.45) is 0 Å². The second kappa shape index (κ2) is 5.88. The molecule has 0 aliphatic carbocycles. The van der Waals surface area contributed by atoms with Crippen LogP contribution in [0.5, 0.6) is 11.5 Å². The normalized spacial score (nSPS) is 13.0. The Hall–Kier alpha value is -2.45. The zero-order valence-electron chi connectivity index (χ0n) is 11.8. The number of hydrogen-bond donors (Lipinski definition) is 1. The molecule has 0 saturated carbocycles. The highest BCUT2D eigenvalue weighted by molar-refractivity contribution is 5.56. The lowest BCUT2D eigenvalue weighted by molar-refractivity contribution is -0.348. The van der Waals surface area contributed by atoms with Crippen LogP contribution in [0.3, 0.4) is 0 Å². The fourth-order valence-electron chi connectivity index (χ4n) is 1.94. The van der Waals surface area contributed by atoms with Crippen molar-refractivity contribution in [3.05, 3.63) is 54.1 Å². The first kappa shape index (κ1) is 17.9. The Morgan fingerprint density at radius 1 is 0.750 bits per heavy atom. The van der Waals surface area contributed by atoms with Crippen LogP contribution in [0.2, 0.25) is 0 Å². The number of ether oxygens (including phenoxy) is 1. The summed E-state index contributed by atoms with van der Waals surface area (Å²) in [5, 5.41) is 0. The lowest BCUT2D eigenvalue weighted by Gasteiger charge is -2.30. The average molecular weight is 353 g/mol. The Kier molecular flexibility index (Phi) is 4.38. The molecule has 24 heavy (non-hydrogen) atoms. The minimum atomic E-state index is -6.20. The Balaban J connectivity index is 2.53. The molecule has 0 aliphatic heterocycles. The van der Waals surface area contributed by atoms with Gasteiger partial charge in [0.05, 0.1) is 5.69 Å². The largest absolute Gasteiger partial charge is 0.455 e. The topological polar surface area (TPSA) is 35.2 Å². The minimum absolute atomic E-state index is 0.116. The molecule has 0 amide bonds. The molecule has 0 unspecified atom stereocenters. The van der Waals surface area contributed by atoms with Gasteiger partial charge in [0.1, 0.15) is 5.75 Å². The Morgan fingerprint density at radius 3 is 1.79 bits per heavy atom. The molecular weight excluding hydrogens is 343 g/mol. The van der Waals surface area contributed by atoms with Crippen molar-refractivity contribution in [2.75, 3.05) is 5.73 Å². The molecule has 0 spiro atoms. The fraction of sp³-hybridized carbons (Fsp3) is 0.200. The molecule has 130 valence electrons. The van der Waals surface area contributed by atoms with Gasteiger partial charge in [0.15, 0.2) is 5.75 Å². The van der Waals surface area contributed by atoms with Gasteiger partial charge in [-0.2, -0.15) is 26.3 Å². The molecule has 0 atom stereocenters. The summed E-state index contributed by atoms with van der Waals surface area (Å²) in [6, 6.07) is 8.83. The SMILES string of the molecule is Nc1ccc(C(F)(C(F)(F)F)C(F)(F)F)cc1Oc1ccccc1. The van der Waals surface area contributed by atoms with Crippen LogP contribution in [0.1, 0.15) is 5.56 Å². The maximum atomic E-state index is 14.0. The van der Waals surface area contributed by atoms with Gasteiger partial charge >= 0.3 is 18.0 Å². The molecule has 2 nitrogen and oxygen atoms in total. The molecule has 2 aromatic carbocycles. The van der Waals surface area contributed by atoms with E-state index in [4.69, 9.17) is 10.5 Å². The molecule has 0 aromatic heterocycles. The molecule has 2 rings (SSSR count). The van der Waals surface area contributed by atoms with Crippen molar-refractivity contribution in [3.63, 3.8) is 0 Å². The van der Waals surface area contributed by atoms with E-state index in [1.165, 1.54) is 24.3 Å². The number of para-hydroxylation sites is 1. The van der Waals surface area contributed by atoms with E-state index in [1.807, 2.05) is 0 Å². The lowest BCUT2D eigenvalue weighted by atomic mass is 9.93. The summed E-state index contributed by atoms with van der Waals surface area (Å²) in [7, 11) is 0. The third-order valence-electron chi connectivity index (χ3n) is 3.16. The van der Waals surface area contributed by atoms with Crippen LogP contribution in [-0.2, 0) is 5.67 Å². The first-order valence-electron chi connectivity index (χ1n) is 6.42. The number of alkyl halides is 7. The van der Waals surface area contributed by atoms with Gasteiger partial charge in [0.25, 0.3) is 0 Å². The molecule has 0 radical (unpaired) electrons. The first-order chi connectivity index (χ1) is 11.0. The minimum Gasteiger partial charge on any atom is -0.455 e. The summed E-state index contributed by atoms with van der Waals surface area (Å²) in [4.78, 5) is 0. The summed E-state index contributed by atoms with van der Waals surface area (Å²) in [5.41, 5.74) is -1.96. The second-order valence-electron chi connectivity index (χ2n) is 4.82. The molecule has 2 aromatic rings. The van der Waals surface area contributed by atoms with E-state index in [0.29, 0.717) is 12.1 Å². The van der Waals surface area contributed by atoms with Crippen molar-refractivity contribution in [2.45, 2.75) is 18.0 Å². The van der Waals surface area contributed by atoms with Gasteiger partial charge in [-0.15, -0.1) is 0 Å². The van der Waals surface area contributed by atoms with Crippen LogP contribution in [0, 0.1) is 0 Å². The maximum Gasteiger partial charge on any atom is 0.435 e. The number of benzene rings is 2. The Morgan fingerprint density at radius 2 is 1.29 bits per heavy atom. The van der Waals surface area contributed by atoms with Gasteiger partial charge in [-0.1, -0.05) is 24.3 Å². The van der Waals surface area contributed by atoms with E-state index >= 15 is 0 Å². The van der Waals surface area contributed by atoms with Gasteiger partial charge in [-0.25, -0.2) is 4.39 Å². The van der Waals surface area contributed by atoms with Crippen LogP contribution in [0.15, 0.2) is 48.5 Å². The highest BCUT2D eigenvalue weighted by Gasteiger charge is 2.73. The summed E-state index contributed by atoms with van der Waals surface area (Å²) in [5.74, 6) is -0.404. The number of hydrogen-bond acceptors (Lipinski definition) is 2. The highest BCUT2D eigenvalue weighted by atomic mass is 19.4. The van der Waals surface area contributed by atoms with E-state index in [2.05, 4.69) is 0 Å². The summed E-state index contributed by atoms with van der Waals surface area (Å²) >= 11 is 0. The Labute approximate surface area is 131 Å². The van der Waals surface area contributed by atoms with Gasteiger partial charge < -0.3 is 10.5 Å². The Bertz CT molecular complexity index is 696. The molecule has 0 heterocycles. The summed E-state index contributed by atoms with van der Waals surface area (Å²) < 4.78 is 95.9. The average Bonchev–Trinajstić information content (AvgIpc) is 2.47. The molecule has 2 N–H and O–H groups in total. The molecule has 0 saturated heterocycles. The van der Waals surface area contributed by atoms with Crippen molar-refractivity contribution in [3.8, 4) is 11.5 Å². The quantitative estimate of drug-likeness (QED) is 0.596. The van der Waals surface area contributed by atoms with Crippen molar-refractivity contribution >= 4 is 5.69 Å². The zero-order valence-corrected chi connectivity index (χ0v) is 11.8. The predicted octanol–water partition coefficient (Wildman–Crippen LogP) is 5.35. The highest BCUT2D eigenvalue weighted by Crippen LogP contribution is 2.54. The molecule has 0 aliphatic rings. The maximum absolute atomic E-state index is 14.0. The van der Waals surface area contributed by atoms with E-state index in [1.54, 1.807) is 6.07 Å². The number of anilines is 1. The molecule has 0 bridgehead atoms. The van der Waals surface area contributed by atoms with Crippen LogP contribution in [0.25, 0.3) is 0 Å². The second-order valence-corrected chi connectivity index (χ2v) is 4.82. The van der Waals surface area contributed by atoms with Gasteiger partial charge in [-0.05, 0) is 24.3 Å². The number of nitrogen functional groups attached to an aromatic ring is 1. The van der Waals surface area contributed by atoms with Crippen LogP contribution in [-0.4, -0.2) is 12.4 Å². The van der Waals surface area contributed by atoms with E-state index < -0.39 is 29.3 Å². The zero-order chi connectivity index (χ0) is 18.2. The van der Waals surface area contributed by atoms with Crippen molar-refractivity contribution < 1.29 is 35.5 Å². The van der Waals surface area contributed by atoms with Crippen LogP contribution >= 0.6 is 0 Å². The molecule has 9 heteroatoms. The van der Waals surface area contributed by atoms with Gasteiger partial charge in [0, 0.05) is 5.56 Å². The van der Waals surface area contributed by atoms with Crippen LogP contribution in [0.4, 0.5) is 36.4 Å². The first-order valence-corrected chi connectivity index (χ1v) is 6.42. The van der Waals surface area contributed by atoms with E-state index in [9.17, 15) is 30.7 Å². The fourth-order valence-corrected chi connectivity index (χ4v) is 1.94. The van der Waals surface area contributed by atoms with Gasteiger partial charge in [-0.3, -0.25) is 0 Å². The van der Waals surface area contributed by atoms with E-state index in [0.717, 1.165) is 6.07 Å². The smallest absolute Gasteiger partial charge is 0.435 e. The number of rotatable bonds is 3. The summed E-state index contributed by atoms with van der Waals surface area (Å²) in [6.45, 7) is 0. The lowest BCUT2D eigenvalue weighted by Crippen LogP contribution is -2.50. The van der Waals surface area contributed by atoms with Crippen LogP contribution < -0.4 is 10.5 Å². The number of halogens is 7. The van der Waals surface area contributed by atoms with E-state index in [-0.39, 0.29) is 11.4 Å². The number of nitrogens with two attached hydrogens (primary N) is 1. The van der Waals surface area contributed by atoms with Gasteiger partial charge in [0.2, 0.25) is 0 Å². The third-order valence-corrected chi connectivity index (χ3v) is 3.16. The molecule has 0 fully saturated rings. The third kappa shape index (κ3) is 3.10. The predicted molar refractivity (Wildman–Crippen MR) is 72.3 cm³/mol. The molecular formula is C15H10F7NO. The summed E-state index contributed by atoms with van der Waals surface area (Å²) in [6.07, 6.45) is -12.4.